The van der Waals surface area contributed by atoms with Gasteiger partial charge in [-0.1, -0.05) is 18.2 Å². The molecule has 1 aromatic heterocycles. The first-order valence-corrected chi connectivity index (χ1v) is 10.2. The van der Waals surface area contributed by atoms with Crippen molar-refractivity contribution in [3.05, 3.63) is 83.4 Å². The predicted octanol–water partition coefficient (Wildman–Crippen LogP) is 3.68. The molecule has 1 unspecified atom stereocenters. The zero-order valence-corrected chi connectivity index (χ0v) is 17.5. The van der Waals surface area contributed by atoms with Gasteiger partial charge in [-0.05, 0) is 49.7 Å². The molecule has 1 atom stereocenters. The second kappa shape index (κ2) is 8.95. The van der Waals surface area contributed by atoms with Gasteiger partial charge in [0.05, 0.1) is 18.4 Å². The molecule has 0 aliphatic carbocycles. The van der Waals surface area contributed by atoms with Gasteiger partial charge in [0.2, 0.25) is 0 Å². The highest BCUT2D eigenvalue weighted by Gasteiger charge is 2.30. The number of nitrogens with one attached hydrogen (secondary N) is 1. The maximum Gasteiger partial charge on any atom is 0.259 e. The molecule has 0 saturated carbocycles. The first-order chi connectivity index (χ1) is 15.0. The van der Waals surface area contributed by atoms with Gasteiger partial charge in [0, 0.05) is 36.5 Å². The molecule has 0 radical (unpaired) electrons. The molecule has 31 heavy (non-hydrogen) atoms. The lowest BCUT2D eigenvalue weighted by atomic mass is 10.1. The third kappa shape index (κ3) is 4.55. The summed E-state index contributed by atoms with van der Waals surface area (Å²) in [6, 6.07) is 16.4. The number of amides is 2. The number of aromatic nitrogens is 2. The lowest BCUT2D eigenvalue weighted by Gasteiger charge is -2.16. The van der Waals surface area contributed by atoms with E-state index in [1.165, 1.54) is 0 Å². The molecule has 7 heteroatoms. The van der Waals surface area contributed by atoms with Crippen LogP contribution in [0.1, 0.15) is 44.6 Å². The summed E-state index contributed by atoms with van der Waals surface area (Å²) in [6.45, 7) is 3.04. The number of nitrogens with zero attached hydrogens (tertiary/aromatic N) is 3. The van der Waals surface area contributed by atoms with Crippen LogP contribution < -0.4 is 10.1 Å². The van der Waals surface area contributed by atoms with Gasteiger partial charge < -0.3 is 15.0 Å². The fourth-order valence-electron chi connectivity index (χ4n) is 3.70. The van der Waals surface area contributed by atoms with Gasteiger partial charge >= 0.3 is 0 Å². The van der Waals surface area contributed by atoms with Crippen LogP contribution in [0.4, 0.5) is 5.69 Å². The van der Waals surface area contributed by atoms with Gasteiger partial charge in [-0.15, -0.1) is 0 Å². The third-order valence-corrected chi connectivity index (χ3v) is 5.45. The maximum atomic E-state index is 12.7. The number of hydrogen-bond donors (Lipinski definition) is 1. The van der Waals surface area contributed by atoms with Crippen molar-refractivity contribution in [3.63, 3.8) is 0 Å². The highest BCUT2D eigenvalue weighted by Crippen LogP contribution is 2.26. The highest BCUT2D eigenvalue weighted by molar-refractivity contribution is 6.04. The van der Waals surface area contributed by atoms with E-state index in [0.717, 1.165) is 12.2 Å². The van der Waals surface area contributed by atoms with Crippen molar-refractivity contribution in [3.8, 4) is 5.75 Å². The summed E-state index contributed by atoms with van der Waals surface area (Å²) in [5.74, 6) is 1.21. The fraction of sp³-hybridized carbons (Fsp3) is 0.250. The van der Waals surface area contributed by atoms with Crippen molar-refractivity contribution in [2.45, 2.75) is 19.3 Å². The van der Waals surface area contributed by atoms with E-state index in [9.17, 15) is 9.59 Å². The Balaban J connectivity index is 1.42. The molecule has 0 bridgehead atoms. The summed E-state index contributed by atoms with van der Waals surface area (Å²) < 4.78 is 5.13. The number of aryl methyl sites for hydroxylation is 1. The monoisotopic (exact) mass is 416 g/mol. The van der Waals surface area contributed by atoms with E-state index < -0.39 is 0 Å². The second-order valence-electron chi connectivity index (χ2n) is 7.51. The van der Waals surface area contributed by atoms with Crippen molar-refractivity contribution in [2.75, 3.05) is 25.5 Å². The molecule has 4 rings (SSSR count). The van der Waals surface area contributed by atoms with Crippen LogP contribution in [0, 0.1) is 6.92 Å². The number of rotatable bonds is 5. The summed E-state index contributed by atoms with van der Waals surface area (Å²) in [5, 5.41) is 2.85. The number of anilines is 1. The van der Waals surface area contributed by atoms with Gasteiger partial charge in [-0.25, -0.2) is 9.97 Å². The molecule has 7 nitrogen and oxygen atoms in total. The van der Waals surface area contributed by atoms with Crippen LogP contribution in [0.3, 0.4) is 0 Å². The van der Waals surface area contributed by atoms with Gasteiger partial charge in [-0.3, -0.25) is 9.59 Å². The standard InChI is InChI=1S/C24H24N4O3/c1-16-21(23(29)27-19-8-10-20(31-2)11-9-19)14-25-22(26-16)18-12-13-28(15-18)24(30)17-6-4-3-5-7-17/h3-11,14,18H,12-13,15H2,1-2H3,(H,27,29). The number of ether oxygens (including phenoxy) is 1. The lowest BCUT2D eigenvalue weighted by Crippen LogP contribution is -2.28. The van der Waals surface area contributed by atoms with Crippen molar-refractivity contribution in [1.82, 2.24) is 14.9 Å². The Morgan fingerprint density at radius 2 is 1.84 bits per heavy atom. The molecule has 1 fully saturated rings. The van der Waals surface area contributed by atoms with Crippen LogP contribution in [0.15, 0.2) is 60.8 Å². The van der Waals surface area contributed by atoms with Crippen molar-refractivity contribution < 1.29 is 14.3 Å². The summed E-state index contributed by atoms with van der Waals surface area (Å²) in [4.78, 5) is 36.2. The Kier molecular flexibility index (Phi) is 5.93. The number of methoxy groups -OCH3 is 1. The van der Waals surface area contributed by atoms with Gasteiger partial charge in [0.15, 0.2) is 0 Å². The molecule has 2 heterocycles. The minimum absolute atomic E-state index is 0.0234. The van der Waals surface area contributed by atoms with Crippen LogP contribution in [0.5, 0.6) is 5.75 Å². The molecule has 3 aromatic rings. The minimum Gasteiger partial charge on any atom is -0.497 e. The summed E-state index contributed by atoms with van der Waals surface area (Å²) in [5.41, 5.74) is 2.39. The van der Waals surface area contributed by atoms with Gasteiger partial charge in [-0.2, -0.15) is 0 Å². The van der Waals surface area contributed by atoms with Crippen LogP contribution in [0.25, 0.3) is 0 Å². The van der Waals surface area contributed by atoms with E-state index >= 15 is 0 Å². The minimum atomic E-state index is -0.262. The van der Waals surface area contributed by atoms with E-state index in [-0.39, 0.29) is 17.7 Å². The third-order valence-electron chi connectivity index (χ3n) is 5.45. The van der Waals surface area contributed by atoms with Crippen LogP contribution in [-0.2, 0) is 0 Å². The Bertz CT molecular complexity index is 1080. The van der Waals surface area contributed by atoms with E-state index in [2.05, 4.69) is 15.3 Å². The molecule has 158 valence electrons. The number of likely N-dealkylation sites (tertiary alicyclic amines) is 1. The molecule has 1 N–H and O–H groups in total. The molecule has 2 amide bonds. The highest BCUT2D eigenvalue weighted by atomic mass is 16.5. The SMILES string of the molecule is COc1ccc(NC(=O)c2cnc(C3CCN(C(=O)c4ccccc4)C3)nc2C)cc1. The number of benzene rings is 2. The Labute approximate surface area is 181 Å². The summed E-state index contributed by atoms with van der Waals surface area (Å²) >= 11 is 0. The lowest BCUT2D eigenvalue weighted by molar-refractivity contribution is 0.0790. The Morgan fingerprint density at radius 3 is 2.52 bits per heavy atom. The first kappa shape index (κ1) is 20.5. The zero-order valence-electron chi connectivity index (χ0n) is 17.5. The summed E-state index contributed by atoms with van der Waals surface area (Å²) in [6.07, 6.45) is 2.37. The quantitative estimate of drug-likeness (QED) is 0.686. The van der Waals surface area contributed by atoms with E-state index in [0.29, 0.717) is 41.4 Å². The average molecular weight is 416 g/mol. The predicted molar refractivity (Wildman–Crippen MR) is 117 cm³/mol. The molecular weight excluding hydrogens is 392 g/mol. The van der Waals surface area contributed by atoms with Crippen molar-refractivity contribution in [1.29, 1.82) is 0 Å². The van der Waals surface area contributed by atoms with E-state index in [1.807, 2.05) is 35.2 Å². The average Bonchev–Trinajstić information content (AvgIpc) is 3.30. The Morgan fingerprint density at radius 1 is 1.10 bits per heavy atom. The molecule has 1 aliphatic heterocycles. The molecular formula is C24H24N4O3. The Hall–Kier alpha value is -3.74. The van der Waals surface area contributed by atoms with Crippen molar-refractivity contribution in [2.24, 2.45) is 0 Å². The molecule has 2 aromatic carbocycles. The fourth-order valence-corrected chi connectivity index (χ4v) is 3.70. The first-order valence-electron chi connectivity index (χ1n) is 10.2. The molecule has 0 spiro atoms. The van der Waals surface area contributed by atoms with Gasteiger partial charge in [0.25, 0.3) is 11.8 Å². The number of carbonyl (C=O) groups excluding carboxylic acids is 2. The summed E-state index contributed by atoms with van der Waals surface area (Å²) in [7, 11) is 1.59. The largest absolute Gasteiger partial charge is 0.497 e. The maximum absolute atomic E-state index is 12.7. The van der Waals surface area contributed by atoms with Crippen molar-refractivity contribution >= 4 is 17.5 Å². The molecule has 1 aliphatic rings. The van der Waals surface area contributed by atoms with Crippen LogP contribution in [0.2, 0.25) is 0 Å². The number of carbonyl (C=O) groups is 2. The molecule has 1 saturated heterocycles. The van der Waals surface area contributed by atoms with Crippen LogP contribution in [-0.4, -0.2) is 46.9 Å². The topological polar surface area (TPSA) is 84.4 Å². The second-order valence-corrected chi connectivity index (χ2v) is 7.51. The smallest absolute Gasteiger partial charge is 0.259 e. The zero-order chi connectivity index (χ0) is 21.8. The van der Waals surface area contributed by atoms with E-state index in [4.69, 9.17) is 4.74 Å². The van der Waals surface area contributed by atoms with E-state index in [1.54, 1.807) is 44.5 Å². The van der Waals surface area contributed by atoms with Crippen LogP contribution >= 0.6 is 0 Å². The van der Waals surface area contributed by atoms with Gasteiger partial charge in [0.1, 0.15) is 11.6 Å². The number of hydrogen-bond acceptors (Lipinski definition) is 5. The normalized spacial score (nSPS) is 15.5.